The summed E-state index contributed by atoms with van der Waals surface area (Å²) in [6.07, 6.45) is -5.04. The Balaban J connectivity index is 2.29. The molecule has 1 unspecified atom stereocenters. The van der Waals surface area contributed by atoms with E-state index in [2.05, 4.69) is 23.7 Å². The normalized spacial score (nSPS) is 18.7. The molecule has 0 bridgehead atoms. The molecule has 10 nitrogen and oxygen atoms in total. The van der Waals surface area contributed by atoms with Crippen LogP contribution in [0.1, 0.15) is 6.92 Å². The van der Waals surface area contributed by atoms with Gasteiger partial charge in [0.05, 0.1) is 6.54 Å². The van der Waals surface area contributed by atoms with Gasteiger partial charge in [0.1, 0.15) is 0 Å². The van der Waals surface area contributed by atoms with Crippen molar-refractivity contribution in [2.75, 3.05) is 42.7 Å². The number of piperazine rings is 1. The lowest BCUT2D eigenvalue weighted by Gasteiger charge is -2.40. The molecular formula is C19H23F3N6O4. The van der Waals surface area contributed by atoms with E-state index in [1.807, 2.05) is 0 Å². The second-order valence-electron chi connectivity index (χ2n) is 7.11. The molecule has 0 radical (unpaired) electrons. The number of halogens is 3. The van der Waals surface area contributed by atoms with Crippen LogP contribution in [0, 0.1) is 11.8 Å². The number of anilines is 2. The number of alkyl halides is 3. The summed E-state index contributed by atoms with van der Waals surface area (Å²) >= 11 is 0. The average Bonchev–Trinajstić information content (AvgIpc) is 3.07. The summed E-state index contributed by atoms with van der Waals surface area (Å²) < 4.78 is 41.2. The first-order chi connectivity index (χ1) is 15.1. The van der Waals surface area contributed by atoms with Crippen molar-refractivity contribution < 1.29 is 22.8 Å². The molecule has 0 spiro atoms. The van der Waals surface area contributed by atoms with Gasteiger partial charge in [-0.2, -0.15) is 13.2 Å². The third kappa shape index (κ3) is 4.11. The Labute approximate surface area is 181 Å². The molecule has 0 saturated carbocycles. The number of nitrogens with one attached hydrogen (secondary N) is 1. The van der Waals surface area contributed by atoms with Crippen LogP contribution in [0.5, 0.6) is 0 Å². The molecule has 2 aliphatic heterocycles. The first kappa shape index (κ1) is 23.4. The molecule has 2 aliphatic rings. The van der Waals surface area contributed by atoms with E-state index in [1.54, 1.807) is 11.8 Å². The largest absolute Gasteiger partial charge is 0.493 e. The number of hydrogen-bond donors (Lipinski definition) is 1. The number of carbonyl (C=O) groups excluding carboxylic acids is 1. The van der Waals surface area contributed by atoms with E-state index in [4.69, 9.17) is 4.84 Å². The molecule has 0 amide bonds. The van der Waals surface area contributed by atoms with E-state index in [-0.39, 0.29) is 24.6 Å². The maximum absolute atomic E-state index is 13.1. The average molecular weight is 456 g/mol. The molecular weight excluding hydrogens is 433 g/mol. The van der Waals surface area contributed by atoms with Gasteiger partial charge in [-0.1, -0.05) is 12.0 Å². The number of fused-ring (bicyclic) bond motifs is 1. The van der Waals surface area contributed by atoms with Gasteiger partial charge in [0, 0.05) is 39.8 Å². The minimum atomic E-state index is -5.28. The number of nitrogens with zero attached hydrogens (tertiary/aromatic N) is 5. The van der Waals surface area contributed by atoms with Crippen molar-refractivity contribution in [3.8, 4) is 11.8 Å². The first-order valence-corrected chi connectivity index (χ1v) is 9.77. The molecule has 32 heavy (non-hydrogen) atoms. The smallest absolute Gasteiger partial charge is 0.327 e. The molecule has 13 heteroatoms. The zero-order valence-corrected chi connectivity index (χ0v) is 17.6. The van der Waals surface area contributed by atoms with E-state index >= 15 is 0 Å². The van der Waals surface area contributed by atoms with Crippen LogP contribution in [0.2, 0.25) is 0 Å². The summed E-state index contributed by atoms with van der Waals surface area (Å²) in [5, 5.41) is 3.82. The molecule has 1 atom stereocenters. The highest BCUT2D eigenvalue weighted by atomic mass is 19.4. The summed E-state index contributed by atoms with van der Waals surface area (Å²) in [5.74, 6) is 2.78. The quantitative estimate of drug-likeness (QED) is 0.473. The standard InChI is InChI=1S/C19H23F3N6O4/c1-4-6-10-26-13-14(27(9-5-2)18(31)24(3)15(13)29)28(32-16(30)19(20,21)22)17(26)25-11-7-23-8-12-25/h5,17,23H,2,7-12H2,1,3H3. The van der Waals surface area contributed by atoms with E-state index in [0.29, 0.717) is 31.2 Å². The molecule has 0 aromatic carbocycles. The van der Waals surface area contributed by atoms with Crippen molar-refractivity contribution in [1.82, 2.24) is 19.4 Å². The van der Waals surface area contributed by atoms with Gasteiger partial charge in [0.2, 0.25) is 0 Å². The van der Waals surface area contributed by atoms with E-state index in [9.17, 15) is 27.6 Å². The van der Waals surface area contributed by atoms with Crippen LogP contribution < -0.4 is 26.5 Å². The highest BCUT2D eigenvalue weighted by molar-refractivity contribution is 5.80. The predicted molar refractivity (Wildman–Crippen MR) is 110 cm³/mol. The zero-order valence-electron chi connectivity index (χ0n) is 17.6. The highest BCUT2D eigenvalue weighted by Gasteiger charge is 2.50. The first-order valence-electron chi connectivity index (χ1n) is 9.77. The molecule has 1 N–H and O–H groups in total. The molecule has 1 saturated heterocycles. The Kier molecular flexibility index (Phi) is 6.65. The van der Waals surface area contributed by atoms with Crippen molar-refractivity contribution in [2.24, 2.45) is 7.05 Å². The van der Waals surface area contributed by atoms with Crippen LogP contribution in [0.3, 0.4) is 0 Å². The minimum absolute atomic E-state index is 0.0420. The van der Waals surface area contributed by atoms with Gasteiger partial charge in [-0.25, -0.2) is 9.59 Å². The maximum atomic E-state index is 13.1. The number of rotatable bonds is 5. The summed E-state index contributed by atoms with van der Waals surface area (Å²) in [4.78, 5) is 45.7. The summed E-state index contributed by atoms with van der Waals surface area (Å²) in [7, 11) is 1.26. The van der Waals surface area contributed by atoms with Crippen LogP contribution in [0.15, 0.2) is 22.2 Å². The number of hydroxylamine groups is 1. The number of aromatic nitrogens is 2. The van der Waals surface area contributed by atoms with E-state index in [0.717, 1.165) is 9.13 Å². The van der Waals surface area contributed by atoms with Gasteiger partial charge in [-0.3, -0.25) is 18.8 Å². The van der Waals surface area contributed by atoms with Gasteiger partial charge in [-0.05, 0) is 6.92 Å². The van der Waals surface area contributed by atoms with Gasteiger partial charge in [0.15, 0.2) is 17.8 Å². The Bertz CT molecular complexity index is 1080. The van der Waals surface area contributed by atoms with Gasteiger partial charge in [0.25, 0.3) is 5.56 Å². The number of hydrogen-bond acceptors (Lipinski definition) is 8. The Morgan fingerprint density at radius 2 is 1.97 bits per heavy atom. The number of carbonyl (C=O) groups is 1. The molecule has 1 fully saturated rings. The van der Waals surface area contributed by atoms with Gasteiger partial charge >= 0.3 is 17.8 Å². The summed E-state index contributed by atoms with van der Waals surface area (Å²) in [6, 6.07) is 0. The van der Waals surface area contributed by atoms with Crippen molar-refractivity contribution in [1.29, 1.82) is 0 Å². The van der Waals surface area contributed by atoms with Crippen molar-refractivity contribution in [3.05, 3.63) is 33.5 Å². The van der Waals surface area contributed by atoms with E-state index in [1.165, 1.54) is 18.0 Å². The minimum Gasteiger partial charge on any atom is -0.327 e. The van der Waals surface area contributed by atoms with Crippen LogP contribution in [-0.2, 0) is 23.2 Å². The predicted octanol–water partition coefficient (Wildman–Crippen LogP) is -0.408. The lowest BCUT2D eigenvalue weighted by Crippen LogP contribution is -2.61. The fraction of sp³-hybridized carbons (Fsp3) is 0.526. The fourth-order valence-corrected chi connectivity index (χ4v) is 3.68. The Morgan fingerprint density at radius 1 is 1.31 bits per heavy atom. The van der Waals surface area contributed by atoms with E-state index < -0.39 is 29.7 Å². The topological polar surface area (TPSA) is 92.1 Å². The second-order valence-corrected chi connectivity index (χ2v) is 7.11. The lowest BCUT2D eigenvalue weighted by molar-refractivity contribution is -0.203. The summed E-state index contributed by atoms with van der Waals surface area (Å²) in [5.41, 5.74) is -1.62. The SMILES string of the molecule is C=CCn1c2c(c(=O)n(C)c1=O)N(CC#CC)C(N1CCNCC1)N2OC(=O)C(F)(F)F. The third-order valence-electron chi connectivity index (χ3n) is 5.11. The second kappa shape index (κ2) is 9.09. The zero-order chi connectivity index (χ0) is 23.6. The van der Waals surface area contributed by atoms with Crippen LogP contribution in [0.4, 0.5) is 24.7 Å². The van der Waals surface area contributed by atoms with Crippen LogP contribution >= 0.6 is 0 Å². The molecule has 1 aromatic heterocycles. The van der Waals surface area contributed by atoms with Gasteiger partial charge in [-0.15, -0.1) is 17.6 Å². The highest BCUT2D eigenvalue weighted by Crippen LogP contribution is 2.38. The van der Waals surface area contributed by atoms with Crippen molar-refractivity contribution in [2.45, 2.75) is 25.9 Å². The lowest BCUT2D eigenvalue weighted by atomic mass is 10.3. The Hall–Kier alpha value is -3.24. The molecule has 1 aromatic rings. The molecule has 174 valence electrons. The summed E-state index contributed by atoms with van der Waals surface area (Å²) in [6.45, 7) is 6.81. The van der Waals surface area contributed by atoms with Crippen LogP contribution in [-0.4, -0.2) is 65.2 Å². The maximum Gasteiger partial charge on any atom is 0.493 e. The Morgan fingerprint density at radius 3 is 2.53 bits per heavy atom. The molecule has 3 heterocycles. The van der Waals surface area contributed by atoms with Crippen molar-refractivity contribution >= 4 is 17.5 Å². The molecule has 0 aliphatic carbocycles. The van der Waals surface area contributed by atoms with Gasteiger partial charge < -0.3 is 15.1 Å². The fourth-order valence-electron chi connectivity index (χ4n) is 3.68. The third-order valence-corrected chi connectivity index (χ3v) is 5.11. The monoisotopic (exact) mass is 456 g/mol. The van der Waals surface area contributed by atoms with Crippen molar-refractivity contribution in [3.63, 3.8) is 0 Å². The molecule has 3 rings (SSSR count). The number of allylic oxidation sites excluding steroid dienone is 1. The van der Waals surface area contributed by atoms with Crippen LogP contribution in [0.25, 0.3) is 0 Å².